The number of carbonyl (C=O) groups is 1. The third-order valence-electron chi connectivity index (χ3n) is 4.52. The molecule has 1 N–H and O–H groups in total. The van der Waals surface area contributed by atoms with Crippen LogP contribution in [0.3, 0.4) is 0 Å². The average molecular weight is 339 g/mol. The number of aryl methyl sites for hydroxylation is 4. The molecule has 0 aliphatic rings. The molecule has 0 bridgehead atoms. The number of ether oxygens (including phenoxy) is 1. The van der Waals surface area contributed by atoms with Gasteiger partial charge in [-0.15, -0.1) is 0 Å². The molecule has 3 nitrogen and oxygen atoms in total. The first-order valence-electron chi connectivity index (χ1n) is 9.06. The highest BCUT2D eigenvalue weighted by Crippen LogP contribution is 2.20. The van der Waals surface area contributed by atoms with Crippen molar-refractivity contribution in [2.24, 2.45) is 0 Å². The van der Waals surface area contributed by atoms with E-state index < -0.39 is 6.10 Å². The molecule has 0 heterocycles. The largest absolute Gasteiger partial charge is 0.481 e. The molecule has 134 valence electrons. The van der Waals surface area contributed by atoms with E-state index in [9.17, 15) is 4.79 Å². The van der Waals surface area contributed by atoms with E-state index in [1.54, 1.807) is 6.92 Å². The molecule has 2 aromatic rings. The van der Waals surface area contributed by atoms with Crippen molar-refractivity contribution in [1.29, 1.82) is 0 Å². The maximum Gasteiger partial charge on any atom is 0.261 e. The number of carbonyl (C=O) groups excluding carboxylic acids is 1. The van der Waals surface area contributed by atoms with Crippen molar-refractivity contribution in [2.75, 3.05) is 0 Å². The lowest BCUT2D eigenvalue weighted by atomic mass is 10.0. The van der Waals surface area contributed by atoms with E-state index >= 15 is 0 Å². The Kier molecular flexibility index (Phi) is 6.63. The number of nitrogens with one attached hydrogen (secondary N) is 1. The van der Waals surface area contributed by atoms with E-state index in [4.69, 9.17) is 4.74 Å². The molecule has 25 heavy (non-hydrogen) atoms. The fourth-order valence-electron chi connectivity index (χ4n) is 2.91. The van der Waals surface area contributed by atoms with Crippen LogP contribution in [-0.2, 0) is 24.2 Å². The molecule has 0 radical (unpaired) electrons. The lowest BCUT2D eigenvalue weighted by molar-refractivity contribution is -0.127. The Balaban J connectivity index is 1.99. The molecule has 2 rings (SSSR count). The van der Waals surface area contributed by atoms with Crippen LogP contribution in [0.4, 0.5) is 0 Å². The Bertz CT molecular complexity index is 737. The molecule has 0 spiro atoms. The second-order valence-corrected chi connectivity index (χ2v) is 6.56. The van der Waals surface area contributed by atoms with Crippen LogP contribution in [0, 0.1) is 13.8 Å². The number of amides is 1. The molecule has 0 saturated heterocycles. The van der Waals surface area contributed by atoms with E-state index in [0.29, 0.717) is 6.54 Å². The number of rotatable bonds is 7. The van der Waals surface area contributed by atoms with Crippen LogP contribution < -0.4 is 10.1 Å². The van der Waals surface area contributed by atoms with Gasteiger partial charge in [0.05, 0.1) is 0 Å². The van der Waals surface area contributed by atoms with Gasteiger partial charge < -0.3 is 10.1 Å². The van der Waals surface area contributed by atoms with Gasteiger partial charge in [0.1, 0.15) is 5.75 Å². The maximum absolute atomic E-state index is 12.4. The Morgan fingerprint density at radius 2 is 1.80 bits per heavy atom. The third-order valence-corrected chi connectivity index (χ3v) is 4.52. The quantitative estimate of drug-likeness (QED) is 0.806. The highest BCUT2D eigenvalue weighted by atomic mass is 16.5. The number of hydrogen-bond acceptors (Lipinski definition) is 2. The van der Waals surface area contributed by atoms with Crippen molar-refractivity contribution in [3.8, 4) is 5.75 Å². The summed E-state index contributed by atoms with van der Waals surface area (Å²) in [5, 5.41) is 3.01. The topological polar surface area (TPSA) is 38.3 Å². The van der Waals surface area contributed by atoms with E-state index in [1.165, 1.54) is 22.3 Å². The van der Waals surface area contributed by atoms with Crippen LogP contribution in [0.25, 0.3) is 0 Å². The monoisotopic (exact) mass is 339 g/mol. The second-order valence-electron chi connectivity index (χ2n) is 6.56. The van der Waals surface area contributed by atoms with Crippen molar-refractivity contribution in [3.05, 3.63) is 64.2 Å². The maximum atomic E-state index is 12.4. The van der Waals surface area contributed by atoms with Gasteiger partial charge in [0.2, 0.25) is 0 Å². The highest BCUT2D eigenvalue weighted by Gasteiger charge is 2.16. The highest BCUT2D eigenvalue weighted by molar-refractivity contribution is 5.80. The zero-order valence-corrected chi connectivity index (χ0v) is 16.0. The van der Waals surface area contributed by atoms with Gasteiger partial charge in [-0.2, -0.15) is 0 Å². The minimum atomic E-state index is -0.527. The predicted molar refractivity (Wildman–Crippen MR) is 103 cm³/mol. The van der Waals surface area contributed by atoms with E-state index in [1.807, 2.05) is 26.0 Å². The summed E-state index contributed by atoms with van der Waals surface area (Å²) in [6, 6.07) is 12.5. The van der Waals surface area contributed by atoms with Crippen molar-refractivity contribution in [1.82, 2.24) is 5.32 Å². The first kappa shape index (κ1) is 19.0. The van der Waals surface area contributed by atoms with E-state index in [-0.39, 0.29) is 5.91 Å². The first-order chi connectivity index (χ1) is 11.9. The molecular weight excluding hydrogens is 310 g/mol. The fraction of sp³-hybridized carbons (Fsp3) is 0.409. The van der Waals surface area contributed by atoms with Gasteiger partial charge in [-0.3, -0.25) is 4.79 Å². The smallest absolute Gasteiger partial charge is 0.261 e. The Morgan fingerprint density at radius 3 is 2.44 bits per heavy atom. The van der Waals surface area contributed by atoms with E-state index in [0.717, 1.165) is 24.2 Å². The van der Waals surface area contributed by atoms with Crippen molar-refractivity contribution < 1.29 is 9.53 Å². The molecule has 1 unspecified atom stereocenters. The van der Waals surface area contributed by atoms with Gasteiger partial charge in [0.15, 0.2) is 6.10 Å². The first-order valence-corrected chi connectivity index (χ1v) is 9.06. The van der Waals surface area contributed by atoms with Gasteiger partial charge in [0, 0.05) is 6.54 Å². The molecule has 0 saturated carbocycles. The standard InChI is InChI=1S/C22H29NO2/c1-6-18-9-10-19(7-2)20(13-18)14-23-22(24)17(5)25-21-11-8-15(3)12-16(21)4/h8-13,17H,6-7,14H2,1-5H3,(H,23,24). The minimum Gasteiger partial charge on any atom is -0.481 e. The van der Waals surface area contributed by atoms with Crippen LogP contribution in [0.1, 0.15) is 48.6 Å². The summed E-state index contributed by atoms with van der Waals surface area (Å²) >= 11 is 0. The van der Waals surface area contributed by atoms with Crippen LogP contribution in [-0.4, -0.2) is 12.0 Å². The third kappa shape index (κ3) is 5.09. The Labute approximate surface area is 151 Å². The van der Waals surface area contributed by atoms with Crippen molar-refractivity contribution in [3.63, 3.8) is 0 Å². The molecule has 0 aromatic heterocycles. The van der Waals surface area contributed by atoms with Gasteiger partial charge in [-0.25, -0.2) is 0 Å². The molecule has 2 aromatic carbocycles. The van der Waals surface area contributed by atoms with E-state index in [2.05, 4.69) is 43.4 Å². The second kappa shape index (κ2) is 8.70. The average Bonchev–Trinajstić information content (AvgIpc) is 2.61. The van der Waals surface area contributed by atoms with Crippen molar-refractivity contribution in [2.45, 2.75) is 60.1 Å². The Hall–Kier alpha value is -2.29. The SMILES string of the molecule is CCc1ccc(CC)c(CNC(=O)C(C)Oc2ccc(C)cc2C)c1. The van der Waals surface area contributed by atoms with Gasteiger partial charge in [0.25, 0.3) is 5.91 Å². The predicted octanol–water partition coefficient (Wildman–Crippen LogP) is 4.51. The zero-order valence-electron chi connectivity index (χ0n) is 16.0. The van der Waals surface area contributed by atoms with Crippen molar-refractivity contribution >= 4 is 5.91 Å². The summed E-state index contributed by atoms with van der Waals surface area (Å²) in [4.78, 5) is 12.4. The lowest BCUT2D eigenvalue weighted by Crippen LogP contribution is -2.36. The molecule has 3 heteroatoms. The zero-order chi connectivity index (χ0) is 18.4. The summed E-state index contributed by atoms with van der Waals surface area (Å²) < 4.78 is 5.84. The summed E-state index contributed by atoms with van der Waals surface area (Å²) in [7, 11) is 0. The molecule has 0 aliphatic carbocycles. The van der Waals surface area contributed by atoms with Gasteiger partial charge >= 0.3 is 0 Å². The molecule has 0 fully saturated rings. The lowest BCUT2D eigenvalue weighted by Gasteiger charge is -2.17. The molecule has 1 amide bonds. The van der Waals surface area contributed by atoms with Gasteiger partial charge in [-0.1, -0.05) is 49.7 Å². The molecular formula is C22H29NO2. The number of hydrogen-bond donors (Lipinski definition) is 1. The van der Waals surface area contributed by atoms with Crippen LogP contribution in [0.15, 0.2) is 36.4 Å². The van der Waals surface area contributed by atoms with Crippen LogP contribution in [0.5, 0.6) is 5.75 Å². The normalized spacial score (nSPS) is 11.9. The summed E-state index contributed by atoms with van der Waals surface area (Å²) in [5.74, 6) is 0.666. The van der Waals surface area contributed by atoms with Crippen LogP contribution in [0.2, 0.25) is 0 Å². The number of benzene rings is 2. The minimum absolute atomic E-state index is 0.0936. The molecule has 0 aliphatic heterocycles. The molecule has 1 atom stereocenters. The summed E-state index contributed by atoms with van der Waals surface area (Å²) in [5.41, 5.74) is 5.99. The summed E-state index contributed by atoms with van der Waals surface area (Å²) in [6.07, 6.45) is 1.43. The fourth-order valence-corrected chi connectivity index (χ4v) is 2.91. The van der Waals surface area contributed by atoms with Gasteiger partial charge in [-0.05, 0) is 61.9 Å². The summed E-state index contributed by atoms with van der Waals surface area (Å²) in [6.45, 7) is 10.6. The Morgan fingerprint density at radius 1 is 1.04 bits per heavy atom. The van der Waals surface area contributed by atoms with Crippen LogP contribution >= 0.6 is 0 Å².